The largest absolute Gasteiger partial charge is 0.461 e. The zero-order valence-corrected chi connectivity index (χ0v) is 8.27. The molecule has 0 atom stereocenters. The van der Waals surface area contributed by atoms with Crippen molar-refractivity contribution in [2.75, 3.05) is 0 Å². The molecule has 0 amide bonds. The van der Waals surface area contributed by atoms with Crippen molar-refractivity contribution in [2.24, 2.45) is 0 Å². The lowest BCUT2D eigenvalue weighted by molar-refractivity contribution is 0.100. The molecule has 0 aromatic carbocycles. The Morgan fingerprint density at radius 3 is 2.79 bits per heavy atom. The summed E-state index contributed by atoms with van der Waals surface area (Å²) in [4.78, 5) is 17.4. The van der Waals surface area contributed by atoms with Crippen molar-refractivity contribution in [1.82, 2.24) is 9.97 Å². The van der Waals surface area contributed by atoms with Gasteiger partial charge in [-0.3, -0.25) is 4.79 Å². The van der Waals surface area contributed by atoms with Crippen LogP contribution in [-0.4, -0.2) is 15.8 Å². The highest BCUT2D eigenvalue weighted by Gasteiger charge is 2.15. The number of carbonyl (C=O) groups excluding carboxylic acids is 1. The van der Waals surface area contributed by atoms with Gasteiger partial charge >= 0.3 is 0 Å². The lowest BCUT2D eigenvalue weighted by Crippen LogP contribution is -2.01. The number of aromatic nitrogens is 2. The van der Waals surface area contributed by atoms with Crippen molar-refractivity contribution in [3.63, 3.8) is 0 Å². The third-order valence-electron chi connectivity index (χ3n) is 1.89. The Labute approximate surface area is 85.0 Å². The highest BCUT2D eigenvalue weighted by Crippen LogP contribution is 2.10. The summed E-state index contributed by atoms with van der Waals surface area (Å²) in [7, 11) is 0. The average molecular weight is 208 g/mol. The number of hydrogen-bond acceptors (Lipinski definition) is 3. The predicted molar refractivity (Wildman–Crippen MR) is 52.9 cm³/mol. The maximum Gasteiger partial charge on any atom is 0.246 e. The van der Waals surface area contributed by atoms with Crippen LogP contribution in [0.1, 0.15) is 21.9 Å². The second-order valence-corrected chi connectivity index (χ2v) is 3.29. The van der Waals surface area contributed by atoms with Crippen LogP contribution >= 0.6 is 12.2 Å². The number of nitrogens with one attached hydrogen (secondary N) is 2. The molecule has 72 valence electrons. The first kappa shape index (κ1) is 8.96. The van der Waals surface area contributed by atoms with Crippen LogP contribution < -0.4 is 0 Å². The van der Waals surface area contributed by atoms with E-state index in [1.165, 1.54) is 6.26 Å². The molecule has 2 aromatic rings. The third kappa shape index (κ3) is 1.42. The number of ketones is 1. The van der Waals surface area contributed by atoms with E-state index in [1.807, 2.05) is 0 Å². The molecule has 0 aliphatic carbocycles. The number of aryl methyl sites for hydroxylation is 1. The SMILES string of the molecule is Cc1[nH]c(=S)[nH]c1C(=O)c1ccco1. The molecular weight excluding hydrogens is 200 g/mol. The van der Waals surface area contributed by atoms with Gasteiger partial charge in [0.15, 0.2) is 10.5 Å². The second-order valence-electron chi connectivity index (χ2n) is 2.89. The molecule has 2 heterocycles. The summed E-state index contributed by atoms with van der Waals surface area (Å²) >= 11 is 4.88. The standard InChI is InChI=1S/C9H8N2O2S/c1-5-7(11-9(14)10-5)8(12)6-3-2-4-13-6/h2-4H,1H3,(H2,10,11,14). The van der Waals surface area contributed by atoms with Crippen LogP contribution in [0, 0.1) is 11.7 Å². The summed E-state index contributed by atoms with van der Waals surface area (Å²) in [5, 5.41) is 0. The molecule has 0 spiro atoms. The van der Waals surface area contributed by atoms with Gasteiger partial charge in [-0.2, -0.15) is 0 Å². The molecule has 2 aromatic heterocycles. The Kier molecular flexibility index (Phi) is 2.09. The van der Waals surface area contributed by atoms with Crippen molar-refractivity contribution in [1.29, 1.82) is 0 Å². The molecule has 0 unspecified atom stereocenters. The third-order valence-corrected chi connectivity index (χ3v) is 2.09. The van der Waals surface area contributed by atoms with Gasteiger partial charge in [0.25, 0.3) is 0 Å². The lowest BCUT2D eigenvalue weighted by Gasteiger charge is -1.93. The minimum absolute atomic E-state index is 0.195. The second kappa shape index (κ2) is 3.26. The van der Waals surface area contributed by atoms with E-state index in [-0.39, 0.29) is 5.78 Å². The number of H-pyrrole nitrogens is 2. The van der Waals surface area contributed by atoms with Gasteiger partial charge < -0.3 is 14.4 Å². The molecule has 0 saturated carbocycles. The van der Waals surface area contributed by atoms with E-state index in [0.29, 0.717) is 16.2 Å². The molecule has 0 bridgehead atoms. The van der Waals surface area contributed by atoms with E-state index in [2.05, 4.69) is 9.97 Å². The fraction of sp³-hybridized carbons (Fsp3) is 0.111. The molecule has 2 N–H and O–H groups in total. The first-order valence-corrected chi connectivity index (χ1v) is 4.46. The Morgan fingerprint density at radius 1 is 1.50 bits per heavy atom. The van der Waals surface area contributed by atoms with Crippen molar-refractivity contribution in [3.05, 3.63) is 40.3 Å². The average Bonchev–Trinajstić information content (AvgIpc) is 2.73. The number of carbonyl (C=O) groups is 1. The van der Waals surface area contributed by atoms with Crippen LogP contribution in [0.3, 0.4) is 0 Å². The summed E-state index contributed by atoms with van der Waals surface area (Å²) in [5.41, 5.74) is 1.17. The van der Waals surface area contributed by atoms with E-state index in [4.69, 9.17) is 16.6 Å². The van der Waals surface area contributed by atoms with E-state index in [0.717, 1.165) is 5.69 Å². The number of rotatable bonds is 2. The summed E-state index contributed by atoms with van der Waals surface area (Å²) in [6.07, 6.45) is 1.46. The molecular formula is C9H8N2O2S. The van der Waals surface area contributed by atoms with Gasteiger partial charge in [-0.1, -0.05) is 0 Å². The maximum absolute atomic E-state index is 11.8. The summed E-state index contributed by atoms with van der Waals surface area (Å²) in [6.45, 7) is 1.78. The summed E-state index contributed by atoms with van der Waals surface area (Å²) in [6, 6.07) is 3.29. The zero-order valence-electron chi connectivity index (χ0n) is 7.46. The van der Waals surface area contributed by atoms with Gasteiger partial charge in [0.2, 0.25) is 5.78 Å². The van der Waals surface area contributed by atoms with Crippen LogP contribution in [0.15, 0.2) is 22.8 Å². The smallest absolute Gasteiger partial charge is 0.246 e. The molecule has 2 rings (SSSR count). The van der Waals surface area contributed by atoms with Crippen molar-refractivity contribution in [3.8, 4) is 0 Å². The van der Waals surface area contributed by atoms with Crippen molar-refractivity contribution >= 4 is 18.0 Å². The quantitative estimate of drug-likeness (QED) is 0.587. The monoisotopic (exact) mass is 208 g/mol. The Hall–Kier alpha value is -1.62. The molecule has 14 heavy (non-hydrogen) atoms. The molecule has 5 heteroatoms. The molecule has 0 fully saturated rings. The van der Waals surface area contributed by atoms with Gasteiger partial charge in [-0.25, -0.2) is 0 Å². The molecule has 4 nitrogen and oxygen atoms in total. The van der Waals surface area contributed by atoms with Gasteiger partial charge in [0, 0.05) is 5.69 Å². The fourth-order valence-electron chi connectivity index (χ4n) is 1.23. The van der Waals surface area contributed by atoms with Crippen LogP contribution in [0.4, 0.5) is 0 Å². The Morgan fingerprint density at radius 2 is 2.29 bits per heavy atom. The Bertz CT molecular complexity index is 507. The van der Waals surface area contributed by atoms with E-state index in [9.17, 15) is 4.79 Å². The van der Waals surface area contributed by atoms with E-state index in [1.54, 1.807) is 19.1 Å². The number of hydrogen-bond donors (Lipinski definition) is 2. The minimum atomic E-state index is -0.195. The molecule has 0 aliphatic rings. The lowest BCUT2D eigenvalue weighted by atomic mass is 10.2. The highest BCUT2D eigenvalue weighted by atomic mass is 32.1. The normalized spacial score (nSPS) is 10.4. The van der Waals surface area contributed by atoms with Crippen molar-refractivity contribution in [2.45, 2.75) is 6.92 Å². The Balaban J connectivity index is 2.46. The number of furan rings is 1. The van der Waals surface area contributed by atoms with Crippen LogP contribution in [0.5, 0.6) is 0 Å². The topological polar surface area (TPSA) is 61.8 Å². The maximum atomic E-state index is 11.8. The predicted octanol–water partition coefficient (Wildman–Crippen LogP) is 2.20. The molecule has 0 saturated heterocycles. The van der Waals surface area contributed by atoms with Crippen LogP contribution in [0.25, 0.3) is 0 Å². The zero-order chi connectivity index (χ0) is 10.1. The molecule has 0 radical (unpaired) electrons. The van der Waals surface area contributed by atoms with Gasteiger partial charge in [-0.05, 0) is 31.3 Å². The summed E-state index contributed by atoms with van der Waals surface area (Å²) in [5.74, 6) is 0.109. The fourth-order valence-corrected chi connectivity index (χ4v) is 1.48. The van der Waals surface area contributed by atoms with Crippen LogP contribution in [0.2, 0.25) is 0 Å². The first-order chi connectivity index (χ1) is 6.68. The summed E-state index contributed by atoms with van der Waals surface area (Å²) < 4.78 is 5.44. The number of aromatic amines is 2. The van der Waals surface area contributed by atoms with Gasteiger partial charge in [0.1, 0.15) is 5.69 Å². The van der Waals surface area contributed by atoms with E-state index < -0.39 is 0 Å². The molecule has 0 aliphatic heterocycles. The van der Waals surface area contributed by atoms with Gasteiger partial charge in [-0.15, -0.1) is 0 Å². The van der Waals surface area contributed by atoms with Crippen molar-refractivity contribution < 1.29 is 9.21 Å². The van der Waals surface area contributed by atoms with Crippen LogP contribution in [-0.2, 0) is 0 Å². The number of imidazole rings is 1. The van der Waals surface area contributed by atoms with E-state index >= 15 is 0 Å². The first-order valence-electron chi connectivity index (χ1n) is 4.05. The van der Waals surface area contributed by atoms with Gasteiger partial charge in [0.05, 0.1) is 6.26 Å². The highest BCUT2D eigenvalue weighted by molar-refractivity contribution is 7.71. The minimum Gasteiger partial charge on any atom is -0.461 e.